The molecule has 0 aromatic rings. The van der Waals surface area contributed by atoms with Crippen LogP contribution in [0.3, 0.4) is 0 Å². The van der Waals surface area contributed by atoms with Crippen LogP contribution < -0.4 is 5.32 Å². The van der Waals surface area contributed by atoms with Gasteiger partial charge >= 0.3 is 5.97 Å². The van der Waals surface area contributed by atoms with Crippen LogP contribution >= 0.6 is 0 Å². The summed E-state index contributed by atoms with van der Waals surface area (Å²) >= 11 is 0. The molecule has 16 heavy (non-hydrogen) atoms. The molecule has 1 rings (SSSR count). The molecule has 2 unspecified atom stereocenters. The second-order valence-electron chi connectivity index (χ2n) is 3.88. The molecule has 0 aromatic carbocycles. The first-order valence-electron chi connectivity index (χ1n) is 5.16. The maximum Gasteiger partial charge on any atom is 0.308 e. The fraction of sp³-hybridized carbons (Fsp3) is 0.700. The van der Waals surface area contributed by atoms with Gasteiger partial charge in [0.1, 0.15) is 6.54 Å². The van der Waals surface area contributed by atoms with E-state index in [9.17, 15) is 9.59 Å². The number of nitriles is 1. The Morgan fingerprint density at radius 2 is 2.31 bits per heavy atom. The molecule has 0 saturated carbocycles. The van der Waals surface area contributed by atoms with Gasteiger partial charge in [-0.15, -0.1) is 0 Å². The minimum Gasteiger partial charge on any atom is -0.481 e. The molecule has 6 nitrogen and oxygen atoms in total. The van der Waals surface area contributed by atoms with E-state index in [0.29, 0.717) is 13.0 Å². The minimum absolute atomic E-state index is 0.0105. The standard InChI is InChI=1S/C10H15N3O3/c1-7-8(10(15)16)2-5-13(7)6-9(14)12-4-3-11/h7-8H,2,4-6H2,1H3,(H,12,14)(H,15,16). The normalized spacial score (nSPS) is 25.0. The van der Waals surface area contributed by atoms with E-state index in [1.165, 1.54) is 0 Å². The highest BCUT2D eigenvalue weighted by Crippen LogP contribution is 2.23. The Balaban J connectivity index is 2.43. The van der Waals surface area contributed by atoms with Crippen molar-refractivity contribution in [2.24, 2.45) is 5.92 Å². The van der Waals surface area contributed by atoms with Crippen LogP contribution in [0.5, 0.6) is 0 Å². The third kappa shape index (κ3) is 2.94. The zero-order valence-corrected chi connectivity index (χ0v) is 9.14. The lowest BCUT2D eigenvalue weighted by Crippen LogP contribution is -2.41. The number of carboxylic acids is 1. The van der Waals surface area contributed by atoms with Crippen LogP contribution in [0, 0.1) is 17.2 Å². The topological polar surface area (TPSA) is 93.4 Å². The number of nitrogens with one attached hydrogen (secondary N) is 1. The van der Waals surface area contributed by atoms with Gasteiger partial charge in [0, 0.05) is 6.04 Å². The van der Waals surface area contributed by atoms with Gasteiger partial charge in [0.15, 0.2) is 0 Å². The lowest BCUT2D eigenvalue weighted by molar-refractivity contribution is -0.142. The monoisotopic (exact) mass is 225 g/mol. The third-order valence-electron chi connectivity index (χ3n) is 2.91. The van der Waals surface area contributed by atoms with Crippen LogP contribution in [0.15, 0.2) is 0 Å². The maximum absolute atomic E-state index is 11.3. The molecular weight excluding hydrogens is 210 g/mol. The summed E-state index contributed by atoms with van der Waals surface area (Å²) in [5.74, 6) is -1.45. The molecular formula is C10H15N3O3. The van der Waals surface area contributed by atoms with E-state index in [-0.39, 0.29) is 25.0 Å². The van der Waals surface area contributed by atoms with Gasteiger partial charge < -0.3 is 10.4 Å². The Hall–Kier alpha value is -1.61. The molecule has 2 atom stereocenters. The molecule has 0 aliphatic carbocycles. The second kappa shape index (κ2) is 5.47. The largest absolute Gasteiger partial charge is 0.481 e. The van der Waals surface area contributed by atoms with E-state index < -0.39 is 11.9 Å². The predicted molar refractivity (Wildman–Crippen MR) is 55.4 cm³/mol. The molecule has 1 heterocycles. The van der Waals surface area contributed by atoms with Crippen molar-refractivity contribution >= 4 is 11.9 Å². The van der Waals surface area contributed by atoms with Crippen molar-refractivity contribution in [1.29, 1.82) is 5.26 Å². The van der Waals surface area contributed by atoms with Crippen molar-refractivity contribution < 1.29 is 14.7 Å². The Bertz CT molecular complexity index is 324. The van der Waals surface area contributed by atoms with Crippen LogP contribution in [0.2, 0.25) is 0 Å². The highest BCUT2D eigenvalue weighted by molar-refractivity contribution is 5.78. The van der Waals surface area contributed by atoms with E-state index >= 15 is 0 Å². The highest BCUT2D eigenvalue weighted by Gasteiger charge is 2.36. The fourth-order valence-corrected chi connectivity index (χ4v) is 1.94. The summed E-state index contributed by atoms with van der Waals surface area (Å²) < 4.78 is 0. The van der Waals surface area contributed by atoms with Gasteiger partial charge in [0.05, 0.1) is 18.5 Å². The molecule has 1 aliphatic rings. The number of carbonyl (C=O) groups excluding carboxylic acids is 1. The van der Waals surface area contributed by atoms with E-state index in [0.717, 1.165) is 0 Å². The number of hydrogen-bond donors (Lipinski definition) is 2. The summed E-state index contributed by atoms with van der Waals surface area (Å²) in [4.78, 5) is 24.0. The van der Waals surface area contributed by atoms with Crippen molar-refractivity contribution in [3.8, 4) is 6.07 Å². The highest BCUT2D eigenvalue weighted by atomic mass is 16.4. The average Bonchev–Trinajstić information content (AvgIpc) is 2.57. The molecule has 88 valence electrons. The van der Waals surface area contributed by atoms with Gasteiger partial charge in [-0.3, -0.25) is 14.5 Å². The molecule has 0 radical (unpaired) electrons. The predicted octanol–water partition coefficient (Wildman–Crippen LogP) is -0.579. The van der Waals surface area contributed by atoms with Gasteiger partial charge in [-0.2, -0.15) is 5.26 Å². The summed E-state index contributed by atoms with van der Waals surface area (Å²) in [5, 5.41) is 19.6. The van der Waals surface area contributed by atoms with E-state index in [1.807, 2.05) is 17.9 Å². The number of carbonyl (C=O) groups is 2. The summed E-state index contributed by atoms with van der Waals surface area (Å²) in [6.07, 6.45) is 0.571. The first kappa shape index (κ1) is 12.5. The summed E-state index contributed by atoms with van der Waals surface area (Å²) in [6.45, 7) is 2.57. The van der Waals surface area contributed by atoms with Gasteiger partial charge in [-0.05, 0) is 19.9 Å². The molecule has 1 saturated heterocycles. The number of rotatable bonds is 4. The van der Waals surface area contributed by atoms with Crippen LogP contribution in [-0.2, 0) is 9.59 Å². The minimum atomic E-state index is -0.813. The lowest BCUT2D eigenvalue weighted by atomic mass is 10.0. The third-order valence-corrected chi connectivity index (χ3v) is 2.91. The van der Waals surface area contributed by atoms with Crippen molar-refractivity contribution in [3.63, 3.8) is 0 Å². The van der Waals surface area contributed by atoms with Crippen LogP contribution in [-0.4, -0.2) is 47.6 Å². The van der Waals surface area contributed by atoms with E-state index in [4.69, 9.17) is 10.4 Å². The van der Waals surface area contributed by atoms with Crippen molar-refractivity contribution in [2.45, 2.75) is 19.4 Å². The number of hydrogen-bond acceptors (Lipinski definition) is 4. The summed E-state index contributed by atoms with van der Waals surface area (Å²) in [5.41, 5.74) is 0. The van der Waals surface area contributed by atoms with E-state index in [1.54, 1.807) is 0 Å². The first-order chi connectivity index (χ1) is 7.56. The summed E-state index contributed by atoms with van der Waals surface area (Å²) in [7, 11) is 0. The molecule has 0 aromatic heterocycles. The molecule has 0 spiro atoms. The van der Waals surface area contributed by atoms with Crippen LogP contribution in [0.4, 0.5) is 0 Å². The van der Waals surface area contributed by atoms with E-state index in [2.05, 4.69) is 5.32 Å². The number of carboxylic acid groups (broad SMARTS) is 1. The molecule has 1 fully saturated rings. The lowest BCUT2D eigenvalue weighted by Gasteiger charge is -2.21. The van der Waals surface area contributed by atoms with Crippen LogP contribution in [0.1, 0.15) is 13.3 Å². The number of aliphatic carboxylic acids is 1. The zero-order valence-electron chi connectivity index (χ0n) is 9.14. The van der Waals surface area contributed by atoms with Gasteiger partial charge in [0.2, 0.25) is 5.91 Å². The van der Waals surface area contributed by atoms with Gasteiger partial charge in [-0.1, -0.05) is 0 Å². The van der Waals surface area contributed by atoms with Gasteiger partial charge in [-0.25, -0.2) is 0 Å². The Kier molecular flexibility index (Phi) is 4.26. The van der Waals surface area contributed by atoms with Crippen LogP contribution in [0.25, 0.3) is 0 Å². The molecule has 1 aliphatic heterocycles. The van der Waals surface area contributed by atoms with Crippen molar-refractivity contribution in [1.82, 2.24) is 10.2 Å². The smallest absolute Gasteiger partial charge is 0.308 e. The Labute approximate surface area is 93.8 Å². The molecule has 2 N–H and O–H groups in total. The second-order valence-corrected chi connectivity index (χ2v) is 3.88. The number of likely N-dealkylation sites (tertiary alicyclic amines) is 1. The Morgan fingerprint density at radius 1 is 1.62 bits per heavy atom. The zero-order chi connectivity index (χ0) is 12.1. The number of amides is 1. The quantitative estimate of drug-likeness (QED) is 0.624. The number of nitrogens with zero attached hydrogens (tertiary/aromatic N) is 2. The molecule has 1 amide bonds. The van der Waals surface area contributed by atoms with Crippen molar-refractivity contribution in [2.75, 3.05) is 19.6 Å². The van der Waals surface area contributed by atoms with Gasteiger partial charge in [0.25, 0.3) is 0 Å². The van der Waals surface area contributed by atoms with Crippen molar-refractivity contribution in [3.05, 3.63) is 0 Å². The average molecular weight is 225 g/mol. The summed E-state index contributed by atoms with van der Waals surface area (Å²) in [6, 6.07) is 1.68. The fourth-order valence-electron chi connectivity index (χ4n) is 1.94. The SMILES string of the molecule is CC1C(C(=O)O)CCN1CC(=O)NCC#N. The molecule has 6 heteroatoms. The maximum atomic E-state index is 11.3. The molecule has 0 bridgehead atoms. The first-order valence-corrected chi connectivity index (χ1v) is 5.16. The Morgan fingerprint density at radius 3 is 2.81 bits per heavy atom.